The van der Waals surface area contributed by atoms with E-state index in [1.54, 1.807) is 6.92 Å². The fourth-order valence-corrected chi connectivity index (χ4v) is 1.60. The lowest BCUT2D eigenvalue weighted by atomic mass is 9.93. The van der Waals surface area contributed by atoms with Crippen molar-refractivity contribution in [3.63, 3.8) is 0 Å². The summed E-state index contributed by atoms with van der Waals surface area (Å²) in [4.78, 5) is 23.0. The van der Waals surface area contributed by atoms with E-state index in [-0.39, 0.29) is 11.9 Å². The van der Waals surface area contributed by atoms with Gasteiger partial charge in [-0.2, -0.15) is 0 Å². The quantitative estimate of drug-likeness (QED) is 0.652. The van der Waals surface area contributed by atoms with Gasteiger partial charge in [0.1, 0.15) is 6.04 Å². The second-order valence-electron chi connectivity index (χ2n) is 4.75. The first-order valence-electron chi connectivity index (χ1n) is 6.02. The highest BCUT2D eigenvalue weighted by atomic mass is 16.2. The van der Waals surface area contributed by atoms with Gasteiger partial charge in [0.15, 0.2) is 0 Å². The Hall–Kier alpha value is -1.26. The SMILES string of the molecule is CC(NC(=O)NC1CCC1)C(=O)NC1CC1. The van der Waals surface area contributed by atoms with E-state index in [2.05, 4.69) is 16.0 Å². The number of nitrogens with one attached hydrogen (secondary N) is 3. The van der Waals surface area contributed by atoms with Crippen LogP contribution in [-0.2, 0) is 4.79 Å². The van der Waals surface area contributed by atoms with E-state index in [1.165, 1.54) is 6.42 Å². The Labute approximate surface area is 95.3 Å². The van der Waals surface area contributed by atoms with Crippen molar-refractivity contribution in [3.05, 3.63) is 0 Å². The Kier molecular flexibility index (Phi) is 3.31. The number of rotatable bonds is 4. The van der Waals surface area contributed by atoms with Crippen LogP contribution in [0.25, 0.3) is 0 Å². The summed E-state index contributed by atoms with van der Waals surface area (Å²) in [6, 6.07) is -0.0473. The second-order valence-corrected chi connectivity index (χ2v) is 4.75. The minimum atomic E-state index is -0.458. The summed E-state index contributed by atoms with van der Waals surface area (Å²) in [6.07, 6.45) is 5.41. The van der Waals surface area contributed by atoms with E-state index in [9.17, 15) is 9.59 Å². The number of urea groups is 1. The van der Waals surface area contributed by atoms with Crippen molar-refractivity contribution in [2.75, 3.05) is 0 Å². The predicted molar refractivity (Wildman–Crippen MR) is 59.9 cm³/mol. The molecule has 2 aliphatic rings. The summed E-state index contributed by atoms with van der Waals surface area (Å²) in [6.45, 7) is 1.71. The molecule has 5 nitrogen and oxygen atoms in total. The van der Waals surface area contributed by atoms with Crippen LogP contribution in [0.3, 0.4) is 0 Å². The number of carbonyl (C=O) groups excluding carboxylic acids is 2. The van der Waals surface area contributed by atoms with Crippen molar-refractivity contribution in [2.45, 2.75) is 57.2 Å². The zero-order chi connectivity index (χ0) is 11.5. The molecule has 1 unspecified atom stereocenters. The monoisotopic (exact) mass is 225 g/mol. The number of carbonyl (C=O) groups is 2. The van der Waals surface area contributed by atoms with E-state index < -0.39 is 6.04 Å². The van der Waals surface area contributed by atoms with Gasteiger partial charge in [0.2, 0.25) is 5.91 Å². The Morgan fingerprint density at radius 1 is 1.06 bits per heavy atom. The van der Waals surface area contributed by atoms with E-state index >= 15 is 0 Å². The summed E-state index contributed by atoms with van der Waals surface area (Å²) in [5.41, 5.74) is 0. The number of amides is 3. The highest BCUT2D eigenvalue weighted by Gasteiger charge is 2.27. The molecule has 2 aliphatic carbocycles. The standard InChI is InChI=1S/C11H19N3O2/c1-7(10(15)13-9-5-6-9)12-11(16)14-8-3-2-4-8/h7-9H,2-6H2,1H3,(H,13,15)(H2,12,14,16). The van der Waals surface area contributed by atoms with Crippen molar-refractivity contribution in [1.29, 1.82) is 0 Å². The van der Waals surface area contributed by atoms with Crippen LogP contribution in [0.4, 0.5) is 4.79 Å². The first kappa shape index (κ1) is 11.2. The fraction of sp³-hybridized carbons (Fsp3) is 0.818. The highest BCUT2D eigenvalue weighted by Crippen LogP contribution is 2.19. The van der Waals surface area contributed by atoms with E-state index in [0.29, 0.717) is 12.1 Å². The minimum absolute atomic E-state index is 0.0914. The molecule has 0 bridgehead atoms. The van der Waals surface area contributed by atoms with Crippen molar-refractivity contribution in [2.24, 2.45) is 0 Å². The van der Waals surface area contributed by atoms with Gasteiger partial charge < -0.3 is 16.0 Å². The van der Waals surface area contributed by atoms with Crippen molar-refractivity contribution < 1.29 is 9.59 Å². The Balaban J connectivity index is 1.65. The average molecular weight is 225 g/mol. The van der Waals surface area contributed by atoms with Crippen molar-refractivity contribution >= 4 is 11.9 Å². The van der Waals surface area contributed by atoms with Gasteiger partial charge in [-0.05, 0) is 39.0 Å². The lowest BCUT2D eigenvalue weighted by Crippen LogP contribution is -2.52. The van der Waals surface area contributed by atoms with Crippen molar-refractivity contribution in [3.8, 4) is 0 Å². The summed E-state index contributed by atoms with van der Waals surface area (Å²) in [5.74, 6) is -0.0914. The zero-order valence-electron chi connectivity index (χ0n) is 9.58. The van der Waals surface area contributed by atoms with Crippen LogP contribution in [-0.4, -0.2) is 30.1 Å². The van der Waals surface area contributed by atoms with Crippen LogP contribution in [0.2, 0.25) is 0 Å². The molecule has 3 N–H and O–H groups in total. The Morgan fingerprint density at radius 2 is 1.69 bits per heavy atom. The maximum absolute atomic E-state index is 11.5. The van der Waals surface area contributed by atoms with Gasteiger partial charge in [-0.25, -0.2) is 4.79 Å². The maximum Gasteiger partial charge on any atom is 0.315 e. The van der Waals surface area contributed by atoms with Gasteiger partial charge in [-0.3, -0.25) is 4.79 Å². The van der Waals surface area contributed by atoms with Gasteiger partial charge in [-0.1, -0.05) is 0 Å². The smallest absolute Gasteiger partial charge is 0.315 e. The maximum atomic E-state index is 11.5. The first-order chi connectivity index (χ1) is 7.65. The molecule has 2 fully saturated rings. The molecule has 2 saturated carbocycles. The van der Waals surface area contributed by atoms with Gasteiger partial charge in [0, 0.05) is 12.1 Å². The topological polar surface area (TPSA) is 70.2 Å². The summed E-state index contributed by atoms with van der Waals surface area (Å²) >= 11 is 0. The molecule has 0 aromatic heterocycles. The van der Waals surface area contributed by atoms with Crippen molar-refractivity contribution in [1.82, 2.24) is 16.0 Å². The van der Waals surface area contributed by atoms with E-state index in [4.69, 9.17) is 0 Å². The lowest BCUT2D eigenvalue weighted by molar-refractivity contribution is -0.122. The summed E-state index contributed by atoms with van der Waals surface area (Å²) in [5, 5.41) is 8.35. The molecule has 2 rings (SSSR count). The highest BCUT2D eigenvalue weighted by molar-refractivity contribution is 5.87. The zero-order valence-corrected chi connectivity index (χ0v) is 9.58. The largest absolute Gasteiger partial charge is 0.352 e. The van der Waals surface area contributed by atoms with Crippen LogP contribution < -0.4 is 16.0 Å². The molecule has 5 heteroatoms. The average Bonchev–Trinajstić information content (AvgIpc) is 2.95. The van der Waals surface area contributed by atoms with Gasteiger partial charge in [-0.15, -0.1) is 0 Å². The fourth-order valence-electron chi connectivity index (χ4n) is 1.60. The van der Waals surface area contributed by atoms with Gasteiger partial charge >= 0.3 is 6.03 Å². The van der Waals surface area contributed by atoms with Crippen LogP contribution in [0.15, 0.2) is 0 Å². The van der Waals surface area contributed by atoms with Crippen LogP contribution >= 0.6 is 0 Å². The molecule has 0 aromatic rings. The molecule has 0 saturated heterocycles. The normalized spacial score (nSPS) is 21.8. The molecular weight excluding hydrogens is 206 g/mol. The van der Waals surface area contributed by atoms with Crippen LogP contribution in [0.5, 0.6) is 0 Å². The molecule has 0 radical (unpaired) electrons. The molecule has 0 heterocycles. The van der Waals surface area contributed by atoms with Crippen LogP contribution in [0, 0.1) is 0 Å². The summed E-state index contributed by atoms with van der Waals surface area (Å²) < 4.78 is 0. The van der Waals surface area contributed by atoms with E-state index in [1.807, 2.05) is 0 Å². The Bertz CT molecular complexity index is 285. The third-order valence-electron chi connectivity index (χ3n) is 3.11. The third kappa shape index (κ3) is 3.12. The third-order valence-corrected chi connectivity index (χ3v) is 3.11. The van der Waals surface area contributed by atoms with E-state index in [0.717, 1.165) is 25.7 Å². The van der Waals surface area contributed by atoms with Gasteiger partial charge in [0.05, 0.1) is 0 Å². The molecule has 0 aromatic carbocycles. The molecule has 1 atom stereocenters. The minimum Gasteiger partial charge on any atom is -0.352 e. The number of hydrogen-bond acceptors (Lipinski definition) is 2. The first-order valence-corrected chi connectivity index (χ1v) is 6.02. The Morgan fingerprint density at radius 3 is 2.19 bits per heavy atom. The molecule has 0 spiro atoms. The summed E-state index contributed by atoms with van der Waals surface area (Å²) in [7, 11) is 0. The predicted octanol–water partition coefficient (Wildman–Crippen LogP) is 0.505. The molecular formula is C11H19N3O2. The molecule has 90 valence electrons. The second kappa shape index (κ2) is 4.72. The molecule has 0 aliphatic heterocycles. The number of hydrogen-bond donors (Lipinski definition) is 3. The van der Waals surface area contributed by atoms with Gasteiger partial charge in [0.25, 0.3) is 0 Å². The van der Waals surface area contributed by atoms with Crippen LogP contribution in [0.1, 0.15) is 39.0 Å². The molecule has 3 amide bonds. The molecule has 16 heavy (non-hydrogen) atoms. The lowest BCUT2D eigenvalue weighted by Gasteiger charge is -2.27.